The average Bonchev–Trinajstić information content (AvgIpc) is 3.24. The van der Waals surface area contributed by atoms with Crippen molar-refractivity contribution in [2.24, 2.45) is 5.73 Å². The zero-order valence-electron chi connectivity index (χ0n) is 11.5. The molecule has 0 spiro atoms. The van der Waals surface area contributed by atoms with E-state index >= 15 is 0 Å². The molecule has 1 saturated carbocycles. The van der Waals surface area contributed by atoms with Crippen molar-refractivity contribution in [2.45, 2.75) is 50.1 Å². The number of nitrogens with two attached hydrogens (primary N) is 1. The van der Waals surface area contributed by atoms with Gasteiger partial charge in [-0.05, 0) is 49.8 Å². The monoisotopic (exact) mass is 244 g/mol. The first-order chi connectivity index (χ1) is 8.69. The van der Waals surface area contributed by atoms with Crippen LogP contribution < -0.4 is 5.73 Å². The van der Waals surface area contributed by atoms with E-state index in [4.69, 9.17) is 5.73 Å². The Kier molecular flexibility index (Phi) is 2.95. The molecule has 0 amide bonds. The second-order valence-electron chi connectivity index (χ2n) is 6.10. The van der Waals surface area contributed by atoms with Gasteiger partial charge in [-0.2, -0.15) is 0 Å². The molecule has 2 heteroatoms. The highest BCUT2D eigenvalue weighted by Gasteiger charge is 2.45. The van der Waals surface area contributed by atoms with Gasteiger partial charge in [-0.15, -0.1) is 0 Å². The van der Waals surface area contributed by atoms with Crippen molar-refractivity contribution in [3.63, 3.8) is 0 Å². The molecule has 2 aliphatic rings. The van der Waals surface area contributed by atoms with Gasteiger partial charge in [0.2, 0.25) is 0 Å². The van der Waals surface area contributed by atoms with Crippen LogP contribution in [0.15, 0.2) is 24.3 Å². The summed E-state index contributed by atoms with van der Waals surface area (Å²) >= 11 is 0. The van der Waals surface area contributed by atoms with E-state index in [-0.39, 0.29) is 5.54 Å². The maximum atomic E-state index is 6.22. The van der Waals surface area contributed by atoms with Crippen LogP contribution in [-0.2, 0) is 5.54 Å². The third-order valence-corrected chi connectivity index (χ3v) is 5.09. The molecule has 18 heavy (non-hydrogen) atoms. The highest BCUT2D eigenvalue weighted by Crippen LogP contribution is 2.47. The van der Waals surface area contributed by atoms with Gasteiger partial charge >= 0.3 is 0 Å². The van der Waals surface area contributed by atoms with Crippen molar-refractivity contribution in [1.29, 1.82) is 0 Å². The van der Waals surface area contributed by atoms with Gasteiger partial charge in [0.15, 0.2) is 0 Å². The van der Waals surface area contributed by atoms with Gasteiger partial charge in [-0.3, -0.25) is 4.90 Å². The Morgan fingerprint density at radius 3 is 2.67 bits per heavy atom. The summed E-state index contributed by atoms with van der Waals surface area (Å²) in [5, 5.41) is 0. The summed E-state index contributed by atoms with van der Waals surface area (Å²) in [5.74, 6) is 0.675. The van der Waals surface area contributed by atoms with Crippen LogP contribution in [0.3, 0.4) is 0 Å². The van der Waals surface area contributed by atoms with E-state index in [2.05, 4.69) is 43.1 Å². The predicted molar refractivity (Wildman–Crippen MR) is 75.6 cm³/mol. The van der Waals surface area contributed by atoms with E-state index in [0.717, 1.165) is 12.6 Å². The minimum absolute atomic E-state index is 0.0876. The summed E-state index contributed by atoms with van der Waals surface area (Å²) < 4.78 is 0. The van der Waals surface area contributed by atoms with Crippen molar-refractivity contribution in [2.75, 3.05) is 13.6 Å². The normalized spacial score (nSPS) is 31.4. The van der Waals surface area contributed by atoms with Crippen LogP contribution in [0.1, 0.15) is 49.7 Å². The SMILES string of the molecule is CC1CCC(CN)(N(C)C2CC2)c2ccccc21. The van der Waals surface area contributed by atoms with Gasteiger partial charge in [0, 0.05) is 12.6 Å². The molecule has 0 aliphatic heterocycles. The Morgan fingerprint density at radius 2 is 2.00 bits per heavy atom. The molecule has 2 N–H and O–H groups in total. The number of rotatable bonds is 3. The standard InChI is InChI=1S/C16H24N2/c1-12-9-10-16(11-17,18(2)13-7-8-13)15-6-4-3-5-14(12)15/h3-6,12-13H,7-11,17H2,1-2H3. The molecule has 0 saturated heterocycles. The van der Waals surface area contributed by atoms with Gasteiger partial charge in [0.25, 0.3) is 0 Å². The summed E-state index contributed by atoms with van der Waals surface area (Å²) in [6, 6.07) is 9.69. The molecule has 0 heterocycles. The lowest BCUT2D eigenvalue weighted by atomic mass is 9.71. The Morgan fingerprint density at radius 1 is 1.28 bits per heavy atom. The van der Waals surface area contributed by atoms with E-state index in [1.54, 1.807) is 0 Å². The van der Waals surface area contributed by atoms with E-state index < -0.39 is 0 Å². The second-order valence-corrected chi connectivity index (χ2v) is 6.10. The minimum atomic E-state index is 0.0876. The number of fused-ring (bicyclic) bond motifs is 1. The lowest BCUT2D eigenvalue weighted by Crippen LogP contribution is -2.52. The third kappa shape index (κ3) is 1.70. The third-order valence-electron chi connectivity index (χ3n) is 5.09. The molecule has 2 aliphatic carbocycles. The number of nitrogens with zero attached hydrogens (tertiary/aromatic N) is 1. The Hall–Kier alpha value is -0.860. The Labute approximate surface area is 110 Å². The molecule has 0 radical (unpaired) electrons. The summed E-state index contributed by atoms with van der Waals surface area (Å²) in [6.07, 6.45) is 5.14. The lowest BCUT2D eigenvalue weighted by molar-refractivity contribution is 0.0914. The summed E-state index contributed by atoms with van der Waals surface area (Å²) in [6.45, 7) is 3.08. The first kappa shape index (κ1) is 12.2. The van der Waals surface area contributed by atoms with Crippen LogP contribution in [0.5, 0.6) is 0 Å². The molecule has 0 aromatic heterocycles. The van der Waals surface area contributed by atoms with Crippen LogP contribution in [0, 0.1) is 0 Å². The van der Waals surface area contributed by atoms with Crippen molar-refractivity contribution in [3.8, 4) is 0 Å². The number of likely N-dealkylation sites (N-methyl/N-ethyl adjacent to an activating group) is 1. The number of hydrogen-bond acceptors (Lipinski definition) is 2. The van der Waals surface area contributed by atoms with Crippen molar-refractivity contribution < 1.29 is 0 Å². The van der Waals surface area contributed by atoms with Crippen LogP contribution in [0.2, 0.25) is 0 Å². The van der Waals surface area contributed by atoms with Crippen LogP contribution >= 0.6 is 0 Å². The quantitative estimate of drug-likeness (QED) is 0.886. The summed E-state index contributed by atoms with van der Waals surface area (Å²) in [4.78, 5) is 2.57. The van der Waals surface area contributed by atoms with Gasteiger partial charge in [0.05, 0.1) is 5.54 Å². The molecule has 98 valence electrons. The van der Waals surface area contributed by atoms with Gasteiger partial charge < -0.3 is 5.73 Å². The van der Waals surface area contributed by atoms with Gasteiger partial charge in [-0.25, -0.2) is 0 Å². The highest BCUT2D eigenvalue weighted by atomic mass is 15.2. The largest absolute Gasteiger partial charge is 0.328 e. The second kappa shape index (κ2) is 4.36. The van der Waals surface area contributed by atoms with Gasteiger partial charge in [-0.1, -0.05) is 31.2 Å². The Bertz CT molecular complexity index is 438. The van der Waals surface area contributed by atoms with Crippen LogP contribution in [-0.4, -0.2) is 24.5 Å². The van der Waals surface area contributed by atoms with E-state index in [0.29, 0.717) is 5.92 Å². The van der Waals surface area contributed by atoms with Crippen LogP contribution in [0.25, 0.3) is 0 Å². The molecule has 2 nitrogen and oxygen atoms in total. The zero-order valence-corrected chi connectivity index (χ0v) is 11.5. The maximum Gasteiger partial charge on any atom is 0.0586 e. The fourth-order valence-electron chi connectivity index (χ4n) is 3.63. The molecule has 1 fully saturated rings. The molecule has 1 aromatic carbocycles. The first-order valence-corrected chi connectivity index (χ1v) is 7.21. The predicted octanol–water partition coefficient (Wildman–Crippen LogP) is 2.83. The first-order valence-electron chi connectivity index (χ1n) is 7.21. The molecule has 2 atom stereocenters. The maximum absolute atomic E-state index is 6.22. The Balaban J connectivity index is 2.07. The topological polar surface area (TPSA) is 29.3 Å². The molecular weight excluding hydrogens is 220 g/mol. The fraction of sp³-hybridized carbons (Fsp3) is 0.625. The van der Waals surface area contributed by atoms with E-state index in [1.165, 1.54) is 36.8 Å². The van der Waals surface area contributed by atoms with Crippen molar-refractivity contribution >= 4 is 0 Å². The van der Waals surface area contributed by atoms with E-state index in [9.17, 15) is 0 Å². The lowest BCUT2D eigenvalue weighted by Gasteiger charge is -2.47. The minimum Gasteiger partial charge on any atom is -0.328 e. The average molecular weight is 244 g/mol. The zero-order chi connectivity index (χ0) is 12.8. The highest BCUT2D eigenvalue weighted by molar-refractivity contribution is 5.39. The molecule has 2 unspecified atom stereocenters. The summed E-state index contributed by atoms with van der Waals surface area (Å²) in [5.41, 5.74) is 9.31. The van der Waals surface area contributed by atoms with Crippen molar-refractivity contribution in [3.05, 3.63) is 35.4 Å². The van der Waals surface area contributed by atoms with Gasteiger partial charge in [0.1, 0.15) is 0 Å². The molecule has 1 aromatic rings. The van der Waals surface area contributed by atoms with E-state index in [1.807, 2.05) is 0 Å². The van der Waals surface area contributed by atoms with Crippen LogP contribution in [0.4, 0.5) is 0 Å². The fourth-order valence-corrected chi connectivity index (χ4v) is 3.63. The summed E-state index contributed by atoms with van der Waals surface area (Å²) in [7, 11) is 2.28. The van der Waals surface area contributed by atoms with Crippen molar-refractivity contribution in [1.82, 2.24) is 4.90 Å². The number of benzene rings is 1. The molecule has 3 rings (SSSR count). The molecule has 0 bridgehead atoms. The smallest absolute Gasteiger partial charge is 0.0586 e. The number of hydrogen-bond donors (Lipinski definition) is 1. The molecular formula is C16H24N2.